The number of likely N-dealkylation sites (tertiary alicyclic amines) is 1. The van der Waals surface area contributed by atoms with Gasteiger partial charge >= 0.3 is 0 Å². The van der Waals surface area contributed by atoms with E-state index in [1.807, 2.05) is 32.0 Å². The minimum absolute atomic E-state index is 0.184. The number of hydrogen-bond acceptors (Lipinski definition) is 6. The van der Waals surface area contributed by atoms with E-state index in [9.17, 15) is 14.4 Å². The van der Waals surface area contributed by atoms with Gasteiger partial charge in [-0.25, -0.2) is 0 Å². The molecule has 0 aromatic heterocycles. The van der Waals surface area contributed by atoms with E-state index < -0.39 is 0 Å². The van der Waals surface area contributed by atoms with E-state index in [4.69, 9.17) is 15.2 Å². The number of amides is 3. The average Bonchev–Trinajstić information content (AvgIpc) is 3.27. The third-order valence-electron chi connectivity index (χ3n) is 5.50. The van der Waals surface area contributed by atoms with Gasteiger partial charge in [0.15, 0.2) is 11.5 Å². The van der Waals surface area contributed by atoms with Crippen LogP contribution in [0.5, 0.6) is 11.5 Å². The predicted molar refractivity (Wildman–Crippen MR) is 129 cm³/mol. The van der Waals surface area contributed by atoms with Crippen LogP contribution in [0.3, 0.4) is 0 Å². The molecular weight excluding hydrogens is 436 g/mol. The van der Waals surface area contributed by atoms with Crippen LogP contribution in [-0.4, -0.2) is 55.0 Å². The summed E-state index contributed by atoms with van der Waals surface area (Å²) in [5.41, 5.74) is 7.45. The van der Waals surface area contributed by atoms with Crippen molar-refractivity contribution in [2.24, 2.45) is 5.73 Å². The van der Waals surface area contributed by atoms with Crippen molar-refractivity contribution in [3.63, 3.8) is 0 Å². The van der Waals surface area contributed by atoms with E-state index in [0.717, 1.165) is 24.9 Å². The van der Waals surface area contributed by atoms with Gasteiger partial charge in [0.25, 0.3) is 5.91 Å². The van der Waals surface area contributed by atoms with Crippen molar-refractivity contribution in [1.29, 1.82) is 0 Å². The Balaban J connectivity index is 1.55. The van der Waals surface area contributed by atoms with Crippen molar-refractivity contribution in [1.82, 2.24) is 10.2 Å². The molecule has 1 atom stereocenters. The second-order valence-corrected chi connectivity index (χ2v) is 7.99. The van der Waals surface area contributed by atoms with Crippen LogP contribution >= 0.6 is 0 Å². The third-order valence-corrected chi connectivity index (χ3v) is 5.50. The molecule has 2 aromatic carbocycles. The Bertz CT molecular complexity index is 1030. The molecule has 0 aliphatic carbocycles. The van der Waals surface area contributed by atoms with E-state index >= 15 is 0 Å². The lowest BCUT2D eigenvalue weighted by atomic mass is 10.1. The molecule has 0 radical (unpaired) electrons. The summed E-state index contributed by atoms with van der Waals surface area (Å²) in [6.07, 6.45) is 1.70. The Labute approximate surface area is 199 Å². The molecule has 0 spiro atoms. The normalized spacial score (nSPS) is 15.5. The number of benzene rings is 2. The molecule has 182 valence electrons. The Kier molecular flexibility index (Phi) is 8.86. The minimum atomic E-state index is -0.389. The number of hydrogen-bond donors (Lipinski definition) is 3. The van der Waals surface area contributed by atoms with Crippen LogP contribution < -0.4 is 25.8 Å². The summed E-state index contributed by atoms with van der Waals surface area (Å²) in [6.45, 7) is 5.85. The van der Waals surface area contributed by atoms with Gasteiger partial charge in [-0.3, -0.25) is 19.3 Å². The molecule has 9 heteroatoms. The second-order valence-electron chi connectivity index (χ2n) is 7.99. The standard InChI is InChI=1S/C25H32N4O5/c1-3-33-21-11-10-18(14-22(21)34-4-2)25(32)27-15-23(30)28-19-8-5-7-17(13-19)16-29-12-6-9-20(29)24(26)31/h5,7-8,10-11,13-14,20H,3-4,6,9,12,15-16H2,1-2H3,(H2,26,31)(H,27,32)(H,28,30). The summed E-state index contributed by atoms with van der Waals surface area (Å²) in [4.78, 5) is 38.6. The lowest BCUT2D eigenvalue weighted by Gasteiger charge is -2.22. The van der Waals surface area contributed by atoms with E-state index in [0.29, 0.717) is 42.5 Å². The van der Waals surface area contributed by atoms with Gasteiger partial charge in [-0.1, -0.05) is 12.1 Å². The fourth-order valence-electron chi connectivity index (χ4n) is 3.98. The van der Waals surface area contributed by atoms with Crippen LogP contribution in [0.2, 0.25) is 0 Å². The summed E-state index contributed by atoms with van der Waals surface area (Å²) in [6, 6.07) is 12.1. The molecule has 34 heavy (non-hydrogen) atoms. The summed E-state index contributed by atoms with van der Waals surface area (Å²) in [5.74, 6) is 0.000126. The van der Waals surface area contributed by atoms with Crippen LogP contribution in [-0.2, 0) is 16.1 Å². The molecule has 1 heterocycles. The SMILES string of the molecule is CCOc1ccc(C(=O)NCC(=O)Nc2cccc(CN3CCCC3C(N)=O)c2)cc1OCC. The molecule has 1 aliphatic rings. The molecule has 2 aromatic rings. The van der Waals surface area contributed by atoms with Gasteiger partial charge in [-0.15, -0.1) is 0 Å². The zero-order chi connectivity index (χ0) is 24.5. The van der Waals surface area contributed by atoms with Crippen molar-refractivity contribution in [3.05, 3.63) is 53.6 Å². The Hall–Kier alpha value is -3.59. The van der Waals surface area contributed by atoms with Crippen LogP contribution in [0.4, 0.5) is 5.69 Å². The van der Waals surface area contributed by atoms with E-state index in [-0.39, 0.29) is 30.3 Å². The smallest absolute Gasteiger partial charge is 0.251 e. The third kappa shape index (κ3) is 6.71. The van der Waals surface area contributed by atoms with E-state index in [2.05, 4.69) is 15.5 Å². The fourth-order valence-corrected chi connectivity index (χ4v) is 3.98. The van der Waals surface area contributed by atoms with Gasteiger partial charge in [0.05, 0.1) is 25.8 Å². The predicted octanol–water partition coefficient (Wildman–Crippen LogP) is 2.30. The maximum atomic E-state index is 12.5. The van der Waals surface area contributed by atoms with Gasteiger partial charge in [-0.05, 0) is 69.1 Å². The Morgan fingerprint density at radius 3 is 2.56 bits per heavy atom. The van der Waals surface area contributed by atoms with Crippen LogP contribution in [0.15, 0.2) is 42.5 Å². The first-order chi connectivity index (χ1) is 16.4. The summed E-state index contributed by atoms with van der Waals surface area (Å²) in [7, 11) is 0. The van der Waals surface area contributed by atoms with Crippen molar-refractivity contribution in [3.8, 4) is 11.5 Å². The molecule has 1 aliphatic heterocycles. The van der Waals surface area contributed by atoms with Gasteiger partial charge in [-0.2, -0.15) is 0 Å². The monoisotopic (exact) mass is 468 g/mol. The highest BCUT2D eigenvalue weighted by Gasteiger charge is 2.28. The highest BCUT2D eigenvalue weighted by Crippen LogP contribution is 2.28. The number of carbonyl (C=O) groups is 3. The van der Waals surface area contributed by atoms with Gasteiger partial charge in [0, 0.05) is 17.8 Å². The molecule has 0 bridgehead atoms. The van der Waals surface area contributed by atoms with E-state index in [1.54, 1.807) is 24.3 Å². The Morgan fingerprint density at radius 1 is 1.06 bits per heavy atom. The lowest BCUT2D eigenvalue weighted by molar-refractivity contribution is -0.122. The average molecular weight is 469 g/mol. The molecule has 1 unspecified atom stereocenters. The molecule has 0 saturated carbocycles. The van der Waals surface area contributed by atoms with Crippen LogP contribution in [0.1, 0.15) is 42.6 Å². The first kappa shape index (κ1) is 25.0. The number of ether oxygens (including phenoxy) is 2. The molecule has 1 saturated heterocycles. The maximum Gasteiger partial charge on any atom is 0.251 e. The van der Waals surface area contributed by atoms with Gasteiger partial charge in [0.2, 0.25) is 11.8 Å². The zero-order valence-electron chi connectivity index (χ0n) is 19.6. The first-order valence-corrected chi connectivity index (χ1v) is 11.5. The number of rotatable bonds is 11. The van der Waals surface area contributed by atoms with Crippen molar-refractivity contribution >= 4 is 23.4 Å². The highest BCUT2D eigenvalue weighted by atomic mass is 16.5. The minimum Gasteiger partial charge on any atom is -0.490 e. The molecule has 1 fully saturated rings. The van der Waals surface area contributed by atoms with Gasteiger partial charge in [0.1, 0.15) is 0 Å². The molecule has 3 rings (SSSR count). The lowest BCUT2D eigenvalue weighted by Crippen LogP contribution is -2.39. The molecule has 4 N–H and O–H groups in total. The highest BCUT2D eigenvalue weighted by molar-refractivity contribution is 5.99. The van der Waals surface area contributed by atoms with Crippen LogP contribution in [0.25, 0.3) is 0 Å². The van der Waals surface area contributed by atoms with Crippen molar-refractivity contribution in [2.75, 3.05) is 31.6 Å². The quantitative estimate of drug-likeness (QED) is 0.465. The number of nitrogens with zero attached hydrogens (tertiary/aromatic N) is 1. The van der Waals surface area contributed by atoms with Crippen LogP contribution in [0, 0.1) is 0 Å². The first-order valence-electron chi connectivity index (χ1n) is 11.5. The molecule has 9 nitrogen and oxygen atoms in total. The van der Waals surface area contributed by atoms with Crippen molar-refractivity contribution < 1.29 is 23.9 Å². The van der Waals surface area contributed by atoms with Gasteiger partial charge < -0.3 is 25.8 Å². The maximum absolute atomic E-state index is 12.5. The molecular formula is C25H32N4O5. The summed E-state index contributed by atoms with van der Waals surface area (Å²) >= 11 is 0. The largest absolute Gasteiger partial charge is 0.490 e. The van der Waals surface area contributed by atoms with Crippen molar-refractivity contribution in [2.45, 2.75) is 39.3 Å². The zero-order valence-corrected chi connectivity index (χ0v) is 19.6. The fraction of sp³-hybridized carbons (Fsp3) is 0.400. The number of primary amides is 1. The summed E-state index contributed by atoms with van der Waals surface area (Å²) in [5, 5.41) is 5.42. The Morgan fingerprint density at radius 2 is 1.82 bits per heavy atom. The molecule has 3 amide bonds. The summed E-state index contributed by atoms with van der Waals surface area (Å²) < 4.78 is 11.1. The second kappa shape index (κ2) is 12.0. The topological polar surface area (TPSA) is 123 Å². The number of nitrogens with one attached hydrogen (secondary N) is 2. The number of anilines is 1. The number of carbonyl (C=O) groups excluding carboxylic acids is 3. The number of nitrogens with two attached hydrogens (primary N) is 1. The van der Waals surface area contributed by atoms with E-state index in [1.165, 1.54) is 0 Å².